The zero-order valence-electron chi connectivity index (χ0n) is 7.66. The Morgan fingerprint density at radius 3 is 3.00 bits per heavy atom. The molecule has 0 bridgehead atoms. The van der Waals surface area contributed by atoms with Crippen LogP contribution in [0.25, 0.3) is 0 Å². The number of carbonyl (C=O) groups is 1. The Bertz CT molecular complexity index is 295. The normalized spacial score (nSPS) is 12.5. The van der Waals surface area contributed by atoms with Crippen molar-refractivity contribution in [2.75, 3.05) is 5.32 Å². The summed E-state index contributed by atoms with van der Waals surface area (Å²) in [4.78, 5) is 11.2. The number of rotatable bonds is 3. The SMILES string of the molecule is CCC(O)C(=O)Nc1cn[nH]c1C. The van der Waals surface area contributed by atoms with Gasteiger partial charge >= 0.3 is 0 Å². The van der Waals surface area contributed by atoms with E-state index in [4.69, 9.17) is 0 Å². The van der Waals surface area contributed by atoms with E-state index in [1.54, 1.807) is 13.8 Å². The van der Waals surface area contributed by atoms with Crippen LogP contribution in [0, 0.1) is 6.92 Å². The van der Waals surface area contributed by atoms with Gasteiger partial charge in [-0.15, -0.1) is 0 Å². The zero-order chi connectivity index (χ0) is 9.84. The van der Waals surface area contributed by atoms with E-state index >= 15 is 0 Å². The molecule has 3 N–H and O–H groups in total. The Hall–Kier alpha value is -1.36. The van der Waals surface area contributed by atoms with Gasteiger partial charge in [0, 0.05) is 0 Å². The van der Waals surface area contributed by atoms with Crippen molar-refractivity contribution < 1.29 is 9.90 Å². The summed E-state index contributed by atoms with van der Waals surface area (Å²) in [6.07, 6.45) is 0.965. The molecule has 1 atom stereocenters. The summed E-state index contributed by atoms with van der Waals surface area (Å²) in [5.74, 6) is -0.396. The average molecular weight is 183 g/mol. The van der Waals surface area contributed by atoms with Gasteiger partial charge in [-0.1, -0.05) is 6.92 Å². The van der Waals surface area contributed by atoms with Crippen LogP contribution in [-0.2, 0) is 4.79 Å². The molecule has 1 aromatic rings. The second-order valence-corrected chi connectivity index (χ2v) is 2.82. The molecule has 1 aromatic heterocycles. The van der Waals surface area contributed by atoms with Gasteiger partial charge < -0.3 is 10.4 Å². The van der Waals surface area contributed by atoms with Crippen LogP contribution < -0.4 is 5.32 Å². The van der Waals surface area contributed by atoms with E-state index in [0.29, 0.717) is 12.1 Å². The smallest absolute Gasteiger partial charge is 0.253 e. The first kappa shape index (κ1) is 9.73. The maximum absolute atomic E-state index is 11.2. The fraction of sp³-hybridized carbons (Fsp3) is 0.500. The molecule has 0 aliphatic heterocycles. The second kappa shape index (κ2) is 4.04. The topological polar surface area (TPSA) is 78.0 Å². The van der Waals surface area contributed by atoms with Crippen molar-refractivity contribution in [2.24, 2.45) is 0 Å². The van der Waals surface area contributed by atoms with Crippen molar-refractivity contribution >= 4 is 11.6 Å². The standard InChI is InChI=1S/C8H13N3O2/c1-3-7(12)8(13)10-6-4-9-11-5(6)2/h4,7,12H,3H2,1-2H3,(H,9,11)(H,10,13). The molecule has 0 saturated heterocycles. The number of nitrogens with one attached hydrogen (secondary N) is 2. The maximum atomic E-state index is 11.2. The number of hydrogen-bond acceptors (Lipinski definition) is 3. The molecule has 0 spiro atoms. The summed E-state index contributed by atoms with van der Waals surface area (Å²) in [5.41, 5.74) is 1.38. The number of aryl methyl sites for hydroxylation is 1. The lowest BCUT2D eigenvalue weighted by molar-refractivity contribution is -0.124. The molecule has 0 aliphatic rings. The molecule has 1 unspecified atom stereocenters. The van der Waals surface area contributed by atoms with E-state index in [1.807, 2.05) is 0 Å². The van der Waals surface area contributed by atoms with Crippen LogP contribution in [0.3, 0.4) is 0 Å². The van der Waals surface area contributed by atoms with Crippen LogP contribution in [0.4, 0.5) is 5.69 Å². The van der Waals surface area contributed by atoms with Crippen molar-refractivity contribution in [1.29, 1.82) is 0 Å². The summed E-state index contributed by atoms with van der Waals surface area (Å²) in [6, 6.07) is 0. The highest BCUT2D eigenvalue weighted by Crippen LogP contribution is 2.09. The number of aromatic amines is 1. The van der Waals surface area contributed by atoms with Crippen LogP contribution in [-0.4, -0.2) is 27.3 Å². The quantitative estimate of drug-likeness (QED) is 0.635. The lowest BCUT2D eigenvalue weighted by atomic mass is 10.2. The fourth-order valence-corrected chi connectivity index (χ4v) is 0.878. The first-order chi connectivity index (χ1) is 6.15. The number of H-pyrrole nitrogens is 1. The van der Waals surface area contributed by atoms with Crippen LogP contribution in [0.5, 0.6) is 0 Å². The highest BCUT2D eigenvalue weighted by molar-refractivity contribution is 5.94. The number of aliphatic hydroxyl groups excluding tert-OH is 1. The van der Waals surface area contributed by atoms with E-state index in [-0.39, 0.29) is 0 Å². The molecule has 1 amide bonds. The van der Waals surface area contributed by atoms with Crippen LogP contribution in [0.1, 0.15) is 19.0 Å². The first-order valence-electron chi connectivity index (χ1n) is 4.14. The first-order valence-corrected chi connectivity index (χ1v) is 4.14. The summed E-state index contributed by atoms with van der Waals surface area (Å²) in [5, 5.41) is 18.2. The molecule has 1 rings (SSSR count). The third-order valence-electron chi connectivity index (χ3n) is 1.78. The Balaban J connectivity index is 2.60. The minimum atomic E-state index is -0.950. The van der Waals surface area contributed by atoms with Crippen LogP contribution >= 0.6 is 0 Å². The second-order valence-electron chi connectivity index (χ2n) is 2.82. The lowest BCUT2D eigenvalue weighted by Gasteiger charge is -2.07. The molecule has 13 heavy (non-hydrogen) atoms. The van der Waals surface area contributed by atoms with Crippen LogP contribution in [0.2, 0.25) is 0 Å². The summed E-state index contributed by atoms with van der Waals surface area (Å²) >= 11 is 0. The monoisotopic (exact) mass is 183 g/mol. The third kappa shape index (κ3) is 2.29. The van der Waals surface area contributed by atoms with Crippen molar-refractivity contribution in [2.45, 2.75) is 26.4 Å². The predicted molar refractivity (Wildman–Crippen MR) is 48.3 cm³/mol. The molecule has 0 saturated carbocycles. The molecule has 0 fully saturated rings. The maximum Gasteiger partial charge on any atom is 0.253 e. The van der Waals surface area contributed by atoms with E-state index in [1.165, 1.54) is 6.20 Å². The van der Waals surface area contributed by atoms with Gasteiger partial charge in [-0.25, -0.2) is 0 Å². The molecular formula is C8H13N3O2. The molecule has 5 nitrogen and oxygen atoms in total. The highest BCUT2D eigenvalue weighted by Gasteiger charge is 2.13. The summed E-state index contributed by atoms with van der Waals surface area (Å²) in [6.45, 7) is 3.54. The number of aromatic nitrogens is 2. The Labute approximate surface area is 76.2 Å². The van der Waals surface area contributed by atoms with E-state index in [2.05, 4.69) is 15.5 Å². The molecule has 0 aromatic carbocycles. The molecule has 72 valence electrons. The number of amides is 1. The van der Waals surface area contributed by atoms with Crippen LogP contribution in [0.15, 0.2) is 6.20 Å². The molecule has 0 aliphatic carbocycles. The van der Waals surface area contributed by atoms with Gasteiger partial charge in [0.1, 0.15) is 6.10 Å². The Morgan fingerprint density at radius 2 is 2.54 bits per heavy atom. The number of aliphatic hydroxyl groups is 1. The van der Waals surface area contributed by atoms with E-state index < -0.39 is 12.0 Å². The van der Waals surface area contributed by atoms with Gasteiger partial charge in [-0.05, 0) is 13.3 Å². The van der Waals surface area contributed by atoms with E-state index in [9.17, 15) is 9.90 Å². The molecule has 1 heterocycles. The van der Waals surface area contributed by atoms with Crippen molar-refractivity contribution in [3.8, 4) is 0 Å². The van der Waals surface area contributed by atoms with E-state index in [0.717, 1.165) is 5.69 Å². The van der Waals surface area contributed by atoms with Gasteiger partial charge in [0.05, 0.1) is 17.6 Å². The summed E-state index contributed by atoms with van der Waals surface area (Å²) in [7, 11) is 0. The molecular weight excluding hydrogens is 170 g/mol. The average Bonchev–Trinajstić information content (AvgIpc) is 2.50. The summed E-state index contributed by atoms with van der Waals surface area (Å²) < 4.78 is 0. The zero-order valence-corrected chi connectivity index (χ0v) is 7.66. The molecule has 0 radical (unpaired) electrons. The Kier molecular flexibility index (Phi) is 3.02. The number of hydrogen-bond donors (Lipinski definition) is 3. The van der Waals surface area contributed by atoms with Crippen molar-refractivity contribution in [1.82, 2.24) is 10.2 Å². The van der Waals surface area contributed by atoms with Gasteiger partial charge in [0.15, 0.2) is 0 Å². The predicted octanol–water partition coefficient (Wildman–Crippen LogP) is 0.428. The highest BCUT2D eigenvalue weighted by atomic mass is 16.3. The van der Waals surface area contributed by atoms with Gasteiger partial charge in [0.2, 0.25) is 0 Å². The van der Waals surface area contributed by atoms with Gasteiger partial charge in [-0.3, -0.25) is 9.89 Å². The van der Waals surface area contributed by atoms with Gasteiger partial charge in [-0.2, -0.15) is 5.10 Å². The lowest BCUT2D eigenvalue weighted by Crippen LogP contribution is -2.26. The number of anilines is 1. The third-order valence-corrected chi connectivity index (χ3v) is 1.78. The largest absolute Gasteiger partial charge is 0.383 e. The van der Waals surface area contributed by atoms with Crippen molar-refractivity contribution in [3.63, 3.8) is 0 Å². The molecule has 5 heteroatoms. The van der Waals surface area contributed by atoms with Crippen molar-refractivity contribution in [3.05, 3.63) is 11.9 Å². The fourth-order valence-electron chi connectivity index (χ4n) is 0.878. The minimum Gasteiger partial charge on any atom is -0.383 e. The Morgan fingerprint density at radius 1 is 1.85 bits per heavy atom. The number of carbonyl (C=O) groups excluding carboxylic acids is 1. The number of nitrogens with zero attached hydrogens (tertiary/aromatic N) is 1. The van der Waals surface area contributed by atoms with Gasteiger partial charge in [0.25, 0.3) is 5.91 Å². The minimum absolute atomic E-state index is 0.396.